The molecule has 0 fully saturated rings. The first-order chi connectivity index (χ1) is 8.45. The van der Waals surface area contributed by atoms with Gasteiger partial charge in [-0.1, -0.05) is 20.8 Å². The van der Waals surface area contributed by atoms with E-state index in [2.05, 4.69) is 10.3 Å². The molecule has 0 radical (unpaired) electrons. The topological polar surface area (TPSA) is 79.3 Å². The van der Waals surface area contributed by atoms with E-state index < -0.39 is 12.0 Å². The number of amides is 1. The molecular weight excluding hydrogens is 252 g/mol. The average molecular weight is 270 g/mol. The van der Waals surface area contributed by atoms with Crippen LogP contribution in [0.2, 0.25) is 0 Å². The summed E-state index contributed by atoms with van der Waals surface area (Å²) in [6.07, 6.45) is 3.31. The van der Waals surface area contributed by atoms with Gasteiger partial charge in [0, 0.05) is 0 Å². The highest BCUT2D eigenvalue weighted by atomic mass is 32.1. The molecule has 0 spiro atoms. The molecule has 0 aliphatic carbocycles. The fourth-order valence-electron chi connectivity index (χ4n) is 1.47. The molecule has 0 aliphatic heterocycles. The molecule has 0 saturated heterocycles. The second kappa shape index (κ2) is 6.49. The van der Waals surface area contributed by atoms with Crippen LogP contribution in [0.3, 0.4) is 0 Å². The van der Waals surface area contributed by atoms with E-state index in [1.54, 1.807) is 13.8 Å². The summed E-state index contributed by atoms with van der Waals surface area (Å²) >= 11 is 1.31. The molecule has 5 nitrogen and oxygen atoms in total. The highest BCUT2D eigenvalue weighted by molar-refractivity contribution is 7.13. The number of aryl methyl sites for hydroxylation is 1. The SMILES string of the molecule is CCCc1ncc(C(=O)N[C@H](C(=O)O)C(C)C)s1. The van der Waals surface area contributed by atoms with E-state index in [-0.39, 0.29) is 11.8 Å². The van der Waals surface area contributed by atoms with Gasteiger partial charge in [0.05, 0.1) is 11.2 Å². The predicted molar refractivity (Wildman–Crippen MR) is 69.8 cm³/mol. The monoisotopic (exact) mass is 270 g/mol. The minimum absolute atomic E-state index is 0.158. The molecule has 0 unspecified atom stereocenters. The molecule has 0 saturated carbocycles. The normalized spacial score (nSPS) is 12.4. The minimum Gasteiger partial charge on any atom is -0.480 e. The summed E-state index contributed by atoms with van der Waals surface area (Å²) < 4.78 is 0. The van der Waals surface area contributed by atoms with Crippen LogP contribution in [0.5, 0.6) is 0 Å². The number of carbonyl (C=O) groups excluding carboxylic acids is 1. The summed E-state index contributed by atoms with van der Waals surface area (Å²) in [4.78, 5) is 27.5. The average Bonchev–Trinajstić information content (AvgIpc) is 2.73. The van der Waals surface area contributed by atoms with Gasteiger partial charge >= 0.3 is 5.97 Å². The molecule has 1 heterocycles. The second-order valence-electron chi connectivity index (χ2n) is 4.40. The van der Waals surface area contributed by atoms with Crippen LogP contribution in [0.4, 0.5) is 0 Å². The van der Waals surface area contributed by atoms with Crippen LogP contribution in [0, 0.1) is 5.92 Å². The van der Waals surface area contributed by atoms with Crippen molar-refractivity contribution >= 4 is 23.2 Å². The van der Waals surface area contributed by atoms with Crippen LogP contribution in [0.1, 0.15) is 41.9 Å². The van der Waals surface area contributed by atoms with Crippen LogP contribution in [-0.4, -0.2) is 28.0 Å². The van der Waals surface area contributed by atoms with Gasteiger partial charge in [-0.2, -0.15) is 0 Å². The highest BCUT2D eigenvalue weighted by Crippen LogP contribution is 2.15. The molecular formula is C12H18N2O3S. The van der Waals surface area contributed by atoms with E-state index in [9.17, 15) is 9.59 Å². The summed E-state index contributed by atoms with van der Waals surface area (Å²) in [6, 6.07) is -0.866. The molecule has 1 amide bonds. The third-order valence-electron chi connectivity index (χ3n) is 2.46. The van der Waals surface area contributed by atoms with Crippen molar-refractivity contribution in [2.75, 3.05) is 0 Å². The van der Waals surface area contributed by atoms with E-state index in [0.717, 1.165) is 17.8 Å². The van der Waals surface area contributed by atoms with E-state index in [1.807, 2.05) is 6.92 Å². The number of carbonyl (C=O) groups is 2. The zero-order valence-electron chi connectivity index (χ0n) is 10.8. The summed E-state index contributed by atoms with van der Waals surface area (Å²) in [6.45, 7) is 5.56. The Balaban J connectivity index is 2.71. The van der Waals surface area contributed by atoms with Crippen molar-refractivity contribution in [3.8, 4) is 0 Å². The number of rotatable bonds is 6. The number of hydrogen-bond donors (Lipinski definition) is 2. The van der Waals surface area contributed by atoms with Gasteiger partial charge in [-0.05, 0) is 18.8 Å². The van der Waals surface area contributed by atoms with Gasteiger partial charge in [0.25, 0.3) is 5.91 Å². The van der Waals surface area contributed by atoms with Crippen molar-refractivity contribution in [2.45, 2.75) is 39.7 Å². The lowest BCUT2D eigenvalue weighted by Crippen LogP contribution is -2.44. The predicted octanol–water partition coefficient (Wildman–Crippen LogP) is 1.93. The maximum Gasteiger partial charge on any atom is 0.326 e. The Labute approximate surface area is 110 Å². The number of carboxylic acids is 1. The maximum atomic E-state index is 11.9. The first-order valence-electron chi connectivity index (χ1n) is 5.94. The summed E-state index contributed by atoms with van der Waals surface area (Å²) in [5.41, 5.74) is 0. The Bertz CT molecular complexity index is 429. The van der Waals surface area contributed by atoms with Gasteiger partial charge < -0.3 is 10.4 Å². The Kier molecular flexibility index (Phi) is 5.27. The van der Waals surface area contributed by atoms with E-state index in [4.69, 9.17) is 5.11 Å². The lowest BCUT2D eigenvalue weighted by Gasteiger charge is -2.17. The Morgan fingerprint density at radius 2 is 2.17 bits per heavy atom. The van der Waals surface area contributed by atoms with Crippen LogP contribution in [-0.2, 0) is 11.2 Å². The number of nitrogens with zero attached hydrogens (tertiary/aromatic N) is 1. The zero-order valence-corrected chi connectivity index (χ0v) is 11.6. The van der Waals surface area contributed by atoms with Gasteiger partial charge in [-0.15, -0.1) is 11.3 Å². The Hall–Kier alpha value is -1.43. The smallest absolute Gasteiger partial charge is 0.326 e. The molecule has 1 aromatic heterocycles. The van der Waals surface area contributed by atoms with Gasteiger partial charge in [-0.25, -0.2) is 9.78 Å². The molecule has 0 bridgehead atoms. The molecule has 1 aromatic rings. The van der Waals surface area contributed by atoms with E-state index in [0.29, 0.717) is 4.88 Å². The molecule has 1 atom stereocenters. The van der Waals surface area contributed by atoms with Crippen LogP contribution in [0.15, 0.2) is 6.20 Å². The summed E-state index contributed by atoms with van der Waals surface area (Å²) in [7, 11) is 0. The number of hydrogen-bond acceptors (Lipinski definition) is 4. The third-order valence-corrected chi connectivity index (χ3v) is 3.52. The van der Waals surface area contributed by atoms with Gasteiger partial charge in [0.2, 0.25) is 0 Å². The zero-order chi connectivity index (χ0) is 13.7. The molecule has 1 rings (SSSR count). The highest BCUT2D eigenvalue weighted by Gasteiger charge is 2.24. The molecule has 0 aromatic carbocycles. The number of thiazole rings is 1. The number of aromatic nitrogens is 1. The number of nitrogens with one attached hydrogen (secondary N) is 1. The second-order valence-corrected chi connectivity index (χ2v) is 5.52. The number of carboxylic acid groups (broad SMARTS) is 1. The van der Waals surface area contributed by atoms with E-state index in [1.165, 1.54) is 17.5 Å². The van der Waals surface area contributed by atoms with Gasteiger partial charge in [-0.3, -0.25) is 4.79 Å². The van der Waals surface area contributed by atoms with Crippen molar-refractivity contribution in [2.24, 2.45) is 5.92 Å². The summed E-state index contributed by atoms with van der Waals surface area (Å²) in [5.74, 6) is -1.54. The van der Waals surface area contributed by atoms with Crippen molar-refractivity contribution in [1.82, 2.24) is 10.3 Å². The third kappa shape index (κ3) is 3.80. The quantitative estimate of drug-likeness (QED) is 0.828. The molecule has 2 N–H and O–H groups in total. The maximum absolute atomic E-state index is 11.9. The van der Waals surface area contributed by atoms with Crippen LogP contribution in [0.25, 0.3) is 0 Å². The van der Waals surface area contributed by atoms with Crippen LogP contribution < -0.4 is 5.32 Å². The van der Waals surface area contributed by atoms with Gasteiger partial charge in [0.15, 0.2) is 0 Å². The molecule has 100 valence electrons. The Morgan fingerprint density at radius 1 is 1.50 bits per heavy atom. The largest absolute Gasteiger partial charge is 0.480 e. The van der Waals surface area contributed by atoms with Crippen molar-refractivity contribution in [3.63, 3.8) is 0 Å². The van der Waals surface area contributed by atoms with Crippen molar-refractivity contribution in [3.05, 3.63) is 16.1 Å². The minimum atomic E-state index is -1.02. The first-order valence-corrected chi connectivity index (χ1v) is 6.75. The first kappa shape index (κ1) is 14.6. The Morgan fingerprint density at radius 3 is 2.67 bits per heavy atom. The lowest BCUT2D eigenvalue weighted by molar-refractivity contribution is -0.140. The molecule has 0 aliphatic rings. The fourth-order valence-corrected chi connectivity index (χ4v) is 2.39. The summed E-state index contributed by atoms with van der Waals surface area (Å²) in [5, 5.41) is 12.4. The number of aliphatic carboxylic acids is 1. The fraction of sp³-hybridized carbons (Fsp3) is 0.583. The van der Waals surface area contributed by atoms with Gasteiger partial charge in [0.1, 0.15) is 10.9 Å². The molecule has 6 heteroatoms. The van der Waals surface area contributed by atoms with Crippen molar-refractivity contribution < 1.29 is 14.7 Å². The van der Waals surface area contributed by atoms with Crippen LogP contribution >= 0.6 is 11.3 Å². The van der Waals surface area contributed by atoms with E-state index >= 15 is 0 Å². The standard InChI is InChI=1S/C12H18N2O3S/c1-4-5-9-13-6-8(18-9)11(15)14-10(7(2)3)12(16)17/h6-7,10H,4-5H2,1-3H3,(H,14,15)(H,16,17)/t10-/m0/s1. The molecule has 18 heavy (non-hydrogen) atoms. The lowest BCUT2D eigenvalue weighted by atomic mass is 10.0. The van der Waals surface area contributed by atoms with Crippen molar-refractivity contribution in [1.29, 1.82) is 0 Å².